The summed E-state index contributed by atoms with van der Waals surface area (Å²) in [5.41, 5.74) is 2.29. The highest BCUT2D eigenvalue weighted by atomic mass is 15.5. The molecule has 100 valence electrons. The lowest BCUT2D eigenvalue weighted by molar-refractivity contribution is -0.919. The highest BCUT2D eigenvalue weighted by molar-refractivity contribution is 5.33. The standard InChI is InChI=1S/C14H19N5/c1-12-5-7-13(8-6-12)19-14(15-16-17-19)11-18-9-3-2-4-10-18/h5-8H,2-4,9-11H2,1H3/p+1. The summed E-state index contributed by atoms with van der Waals surface area (Å²) in [5.74, 6) is 0.959. The van der Waals surface area contributed by atoms with Crippen molar-refractivity contribution in [3.05, 3.63) is 35.7 Å². The topological polar surface area (TPSA) is 48.0 Å². The molecule has 1 aliphatic heterocycles. The van der Waals surface area contributed by atoms with Crippen LogP contribution in [-0.2, 0) is 6.54 Å². The molecular formula is C14H20N5+. The fourth-order valence-electron chi connectivity index (χ4n) is 2.65. The molecule has 2 aromatic rings. The van der Waals surface area contributed by atoms with Crippen molar-refractivity contribution in [3.8, 4) is 5.69 Å². The second-order valence-corrected chi connectivity index (χ2v) is 5.33. The number of quaternary nitrogens is 1. The van der Waals surface area contributed by atoms with E-state index in [2.05, 4.69) is 46.7 Å². The molecule has 1 aromatic heterocycles. The van der Waals surface area contributed by atoms with Crippen LogP contribution in [0.25, 0.3) is 5.69 Å². The first-order valence-corrected chi connectivity index (χ1v) is 7.01. The number of aromatic nitrogens is 4. The van der Waals surface area contributed by atoms with Gasteiger partial charge in [-0.05, 0) is 48.7 Å². The normalized spacial score (nSPS) is 16.7. The summed E-state index contributed by atoms with van der Waals surface area (Å²) in [6.45, 7) is 5.48. The van der Waals surface area contributed by atoms with Crippen LogP contribution in [0.3, 0.4) is 0 Å². The van der Waals surface area contributed by atoms with Crippen molar-refractivity contribution in [2.75, 3.05) is 13.1 Å². The molecule has 1 aromatic carbocycles. The van der Waals surface area contributed by atoms with Crippen LogP contribution in [-0.4, -0.2) is 33.3 Å². The fourth-order valence-corrected chi connectivity index (χ4v) is 2.65. The van der Waals surface area contributed by atoms with Gasteiger partial charge in [0.1, 0.15) is 6.54 Å². The second-order valence-electron chi connectivity index (χ2n) is 5.33. The molecule has 0 spiro atoms. The Labute approximate surface area is 113 Å². The van der Waals surface area contributed by atoms with Crippen molar-refractivity contribution in [1.82, 2.24) is 20.2 Å². The minimum absolute atomic E-state index is 0.918. The summed E-state index contributed by atoms with van der Waals surface area (Å²) in [4.78, 5) is 1.59. The number of aryl methyl sites for hydroxylation is 1. The van der Waals surface area contributed by atoms with Crippen LogP contribution in [0.4, 0.5) is 0 Å². The molecule has 5 heteroatoms. The Morgan fingerprint density at radius 1 is 1.11 bits per heavy atom. The molecule has 0 aliphatic carbocycles. The molecule has 0 unspecified atom stereocenters. The summed E-state index contributed by atoms with van der Waals surface area (Å²) >= 11 is 0. The van der Waals surface area contributed by atoms with Crippen molar-refractivity contribution < 1.29 is 4.90 Å². The van der Waals surface area contributed by atoms with Gasteiger partial charge >= 0.3 is 0 Å². The van der Waals surface area contributed by atoms with E-state index < -0.39 is 0 Å². The second kappa shape index (κ2) is 5.48. The van der Waals surface area contributed by atoms with Gasteiger partial charge in [-0.1, -0.05) is 17.7 Å². The average Bonchev–Trinajstić information content (AvgIpc) is 2.89. The lowest BCUT2D eigenvalue weighted by Gasteiger charge is -2.22. The average molecular weight is 258 g/mol. The predicted molar refractivity (Wildman–Crippen MR) is 72.1 cm³/mol. The third kappa shape index (κ3) is 2.81. The van der Waals surface area contributed by atoms with Gasteiger partial charge in [-0.25, -0.2) is 0 Å². The lowest BCUT2D eigenvalue weighted by Crippen LogP contribution is -3.11. The number of hydrogen-bond donors (Lipinski definition) is 1. The smallest absolute Gasteiger partial charge is 0.210 e. The monoisotopic (exact) mass is 258 g/mol. The van der Waals surface area contributed by atoms with Gasteiger partial charge in [-0.3, -0.25) is 0 Å². The molecule has 0 saturated carbocycles. The maximum Gasteiger partial charge on any atom is 0.210 e. The van der Waals surface area contributed by atoms with Gasteiger partial charge in [-0.15, -0.1) is 5.10 Å². The number of rotatable bonds is 3. The molecule has 0 amide bonds. The first kappa shape index (κ1) is 12.3. The van der Waals surface area contributed by atoms with E-state index in [1.54, 1.807) is 4.90 Å². The fraction of sp³-hybridized carbons (Fsp3) is 0.500. The SMILES string of the molecule is Cc1ccc(-n2nnnc2C[NH+]2CCCCC2)cc1. The zero-order valence-corrected chi connectivity index (χ0v) is 11.3. The zero-order chi connectivity index (χ0) is 13.1. The number of piperidine rings is 1. The van der Waals surface area contributed by atoms with Crippen molar-refractivity contribution >= 4 is 0 Å². The highest BCUT2D eigenvalue weighted by Crippen LogP contribution is 2.09. The molecule has 5 nitrogen and oxygen atoms in total. The molecule has 1 aliphatic rings. The summed E-state index contributed by atoms with van der Waals surface area (Å²) in [6.07, 6.45) is 4.01. The van der Waals surface area contributed by atoms with Gasteiger partial charge in [-0.2, -0.15) is 4.68 Å². The Bertz CT molecular complexity index is 525. The van der Waals surface area contributed by atoms with Gasteiger partial charge in [0.25, 0.3) is 0 Å². The Morgan fingerprint density at radius 2 is 1.84 bits per heavy atom. The number of benzene rings is 1. The third-order valence-corrected chi connectivity index (χ3v) is 3.78. The summed E-state index contributed by atoms with van der Waals surface area (Å²) in [7, 11) is 0. The molecular weight excluding hydrogens is 238 g/mol. The maximum absolute atomic E-state index is 4.19. The Hall–Kier alpha value is -1.75. The number of hydrogen-bond acceptors (Lipinski definition) is 3. The van der Waals surface area contributed by atoms with Gasteiger partial charge in [0.2, 0.25) is 5.82 Å². The van der Waals surface area contributed by atoms with E-state index in [0.29, 0.717) is 0 Å². The summed E-state index contributed by atoms with van der Waals surface area (Å²) < 4.78 is 1.86. The van der Waals surface area contributed by atoms with Gasteiger partial charge < -0.3 is 4.90 Å². The van der Waals surface area contributed by atoms with Gasteiger partial charge in [0, 0.05) is 0 Å². The van der Waals surface area contributed by atoms with Crippen LogP contribution >= 0.6 is 0 Å². The van der Waals surface area contributed by atoms with Crippen LogP contribution in [0, 0.1) is 6.92 Å². The quantitative estimate of drug-likeness (QED) is 0.874. The first-order valence-electron chi connectivity index (χ1n) is 7.01. The van der Waals surface area contributed by atoms with Crippen molar-refractivity contribution in [1.29, 1.82) is 0 Å². The molecule has 2 heterocycles. The number of nitrogens with zero attached hydrogens (tertiary/aromatic N) is 4. The largest absolute Gasteiger partial charge is 0.329 e. The molecule has 1 fully saturated rings. The van der Waals surface area contributed by atoms with E-state index >= 15 is 0 Å². The van der Waals surface area contributed by atoms with Crippen molar-refractivity contribution in [2.24, 2.45) is 0 Å². The van der Waals surface area contributed by atoms with E-state index in [9.17, 15) is 0 Å². The van der Waals surface area contributed by atoms with Crippen LogP contribution in [0.2, 0.25) is 0 Å². The zero-order valence-electron chi connectivity index (χ0n) is 11.3. The van der Waals surface area contributed by atoms with E-state index in [1.165, 1.54) is 37.9 Å². The minimum Gasteiger partial charge on any atom is -0.329 e. The minimum atomic E-state index is 0.918. The van der Waals surface area contributed by atoms with Crippen LogP contribution in [0.5, 0.6) is 0 Å². The Morgan fingerprint density at radius 3 is 2.58 bits per heavy atom. The Kier molecular flexibility index (Phi) is 3.55. The maximum atomic E-state index is 4.19. The molecule has 1 saturated heterocycles. The number of nitrogens with one attached hydrogen (secondary N) is 1. The summed E-state index contributed by atoms with van der Waals surface area (Å²) in [5, 5.41) is 12.1. The molecule has 19 heavy (non-hydrogen) atoms. The van der Waals surface area contributed by atoms with Crippen molar-refractivity contribution in [2.45, 2.75) is 32.7 Å². The highest BCUT2D eigenvalue weighted by Gasteiger charge is 2.18. The summed E-state index contributed by atoms with van der Waals surface area (Å²) in [6, 6.07) is 8.32. The molecule has 1 N–H and O–H groups in total. The predicted octanol–water partition coefficient (Wildman–Crippen LogP) is 0.540. The molecule has 0 bridgehead atoms. The van der Waals surface area contributed by atoms with Crippen molar-refractivity contribution in [3.63, 3.8) is 0 Å². The first-order chi connectivity index (χ1) is 9.33. The molecule has 0 atom stereocenters. The van der Waals surface area contributed by atoms with Crippen LogP contribution in [0.15, 0.2) is 24.3 Å². The third-order valence-electron chi connectivity index (χ3n) is 3.78. The van der Waals surface area contributed by atoms with Crippen LogP contribution < -0.4 is 4.90 Å². The van der Waals surface area contributed by atoms with Gasteiger partial charge in [0.05, 0.1) is 18.8 Å². The van der Waals surface area contributed by atoms with E-state index in [0.717, 1.165) is 18.1 Å². The van der Waals surface area contributed by atoms with E-state index in [1.807, 2.05) is 4.68 Å². The lowest BCUT2D eigenvalue weighted by atomic mass is 10.1. The van der Waals surface area contributed by atoms with Gasteiger partial charge in [0.15, 0.2) is 0 Å². The molecule has 0 radical (unpaired) electrons. The van der Waals surface area contributed by atoms with E-state index in [4.69, 9.17) is 0 Å². The van der Waals surface area contributed by atoms with Crippen LogP contribution in [0.1, 0.15) is 30.7 Å². The number of tetrazole rings is 1. The number of likely N-dealkylation sites (tertiary alicyclic amines) is 1. The Balaban J connectivity index is 1.79. The van der Waals surface area contributed by atoms with E-state index in [-0.39, 0.29) is 0 Å². The molecule has 3 rings (SSSR count).